The van der Waals surface area contributed by atoms with E-state index in [1.54, 1.807) is 19.3 Å². The van der Waals surface area contributed by atoms with Gasteiger partial charge in [-0.1, -0.05) is 17.4 Å². The number of aromatic nitrogens is 2. The number of phenolic OH excluding ortho intramolecular Hbond substituents is 1. The van der Waals surface area contributed by atoms with Crippen LogP contribution in [0.25, 0.3) is 16.1 Å². The molecule has 0 aliphatic carbocycles. The summed E-state index contributed by atoms with van der Waals surface area (Å²) in [5.41, 5.74) is 2.55. The number of hydrogen-bond donors (Lipinski definition) is 4. The lowest BCUT2D eigenvalue weighted by Gasteiger charge is -2.52. The number of allylic oxidation sites excluding steroid dienone is 1. The first-order chi connectivity index (χ1) is 13.1. The Morgan fingerprint density at radius 3 is 2.93 bits per heavy atom. The second kappa shape index (κ2) is 7.28. The molecule has 1 aromatic heterocycles. The van der Waals surface area contributed by atoms with Crippen LogP contribution in [0.3, 0.4) is 0 Å². The quantitative estimate of drug-likeness (QED) is 0.591. The highest BCUT2D eigenvalue weighted by molar-refractivity contribution is 7.18. The number of piperidine rings is 1. The summed E-state index contributed by atoms with van der Waals surface area (Å²) >= 11 is 1.51. The molecule has 3 heterocycles. The second-order valence-corrected chi connectivity index (χ2v) is 8.25. The van der Waals surface area contributed by atoms with Crippen LogP contribution >= 0.6 is 11.3 Å². The van der Waals surface area contributed by atoms with Crippen LogP contribution in [0, 0.1) is 10.8 Å². The van der Waals surface area contributed by atoms with Crippen molar-refractivity contribution in [1.82, 2.24) is 20.8 Å². The van der Waals surface area contributed by atoms with Gasteiger partial charge >= 0.3 is 0 Å². The number of benzene rings is 1. The van der Waals surface area contributed by atoms with Crippen molar-refractivity contribution in [3.05, 3.63) is 30.0 Å². The van der Waals surface area contributed by atoms with E-state index in [0.717, 1.165) is 36.9 Å². The third-order valence-electron chi connectivity index (χ3n) is 5.31. The van der Waals surface area contributed by atoms with Crippen molar-refractivity contribution < 1.29 is 5.11 Å². The zero-order valence-electron chi connectivity index (χ0n) is 15.3. The first-order valence-electron chi connectivity index (χ1n) is 9.15. The van der Waals surface area contributed by atoms with Crippen LogP contribution in [0.4, 0.5) is 5.13 Å². The molecule has 8 heteroatoms. The average Bonchev–Trinajstić information content (AvgIpc) is 3.14. The van der Waals surface area contributed by atoms with Gasteiger partial charge in [0.15, 0.2) is 5.01 Å². The molecule has 1 spiro atoms. The number of phenols is 1. The Labute approximate surface area is 162 Å². The molecule has 0 amide bonds. The molecule has 27 heavy (non-hydrogen) atoms. The molecular weight excluding hydrogens is 360 g/mol. The van der Waals surface area contributed by atoms with Gasteiger partial charge in [-0.15, -0.1) is 10.2 Å². The Kier molecular flexibility index (Phi) is 4.84. The molecule has 2 fully saturated rings. The summed E-state index contributed by atoms with van der Waals surface area (Å²) < 4.78 is 0. The van der Waals surface area contributed by atoms with Gasteiger partial charge in [-0.25, -0.2) is 0 Å². The Hall–Kier alpha value is -2.45. The van der Waals surface area contributed by atoms with Crippen molar-refractivity contribution >= 4 is 28.3 Å². The largest absolute Gasteiger partial charge is 0.507 e. The molecule has 2 saturated heterocycles. The highest BCUT2D eigenvalue weighted by Gasteiger charge is 2.44. The van der Waals surface area contributed by atoms with E-state index in [4.69, 9.17) is 5.41 Å². The molecule has 7 nitrogen and oxygen atoms in total. The Morgan fingerprint density at radius 1 is 1.41 bits per heavy atom. The van der Waals surface area contributed by atoms with Crippen LogP contribution in [-0.2, 0) is 0 Å². The Balaban J connectivity index is 1.50. The fourth-order valence-corrected chi connectivity index (χ4v) is 4.78. The summed E-state index contributed by atoms with van der Waals surface area (Å²) in [6, 6.07) is 5.39. The monoisotopic (exact) mass is 384 g/mol. The van der Waals surface area contributed by atoms with Crippen molar-refractivity contribution in [2.24, 2.45) is 5.41 Å². The Bertz CT molecular complexity index is 863. The normalized spacial score (nSPS) is 19.0. The smallest absolute Gasteiger partial charge is 0.208 e. The van der Waals surface area contributed by atoms with Gasteiger partial charge < -0.3 is 26.0 Å². The molecule has 0 bridgehead atoms. The molecule has 4 N–H and O–H groups in total. The van der Waals surface area contributed by atoms with Crippen molar-refractivity contribution in [2.75, 3.05) is 38.1 Å². The molecule has 1 aromatic carbocycles. The van der Waals surface area contributed by atoms with E-state index in [2.05, 4.69) is 25.7 Å². The number of hydrogen-bond acceptors (Lipinski definition) is 8. The molecule has 0 unspecified atom stereocenters. The lowest BCUT2D eigenvalue weighted by Crippen LogP contribution is -2.62. The van der Waals surface area contributed by atoms with Crippen LogP contribution in [0.15, 0.2) is 24.4 Å². The number of rotatable bonds is 5. The van der Waals surface area contributed by atoms with Crippen LogP contribution in [0.1, 0.15) is 18.4 Å². The fraction of sp³-hybridized carbons (Fsp3) is 0.421. The lowest BCUT2D eigenvalue weighted by molar-refractivity contribution is 0.156. The van der Waals surface area contributed by atoms with Crippen molar-refractivity contribution in [1.29, 1.82) is 5.41 Å². The van der Waals surface area contributed by atoms with E-state index in [1.165, 1.54) is 30.4 Å². The van der Waals surface area contributed by atoms with Gasteiger partial charge in [-0.2, -0.15) is 0 Å². The van der Waals surface area contributed by atoms with E-state index in [9.17, 15) is 5.11 Å². The van der Waals surface area contributed by atoms with Gasteiger partial charge in [0.2, 0.25) is 5.13 Å². The molecule has 142 valence electrons. The number of aromatic hydroxyl groups is 1. The molecule has 0 atom stereocenters. The van der Waals surface area contributed by atoms with Gasteiger partial charge in [-0.3, -0.25) is 0 Å². The maximum Gasteiger partial charge on any atom is 0.208 e. The predicted molar refractivity (Wildman–Crippen MR) is 110 cm³/mol. The van der Waals surface area contributed by atoms with Crippen LogP contribution in [-0.4, -0.2) is 54.7 Å². The minimum Gasteiger partial charge on any atom is -0.507 e. The second-order valence-electron chi connectivity index (χ2n) is 7.29. The fourth-order valence-electron chi connectivity index (χ4n) is 3.91. The lowest BCUT2D eigenvalue weighted by atomic mass is 9.74. The zero-order valence-corrected chi connectivity index (χ0v) is 16.1. The van der Waals surface area contributed by atoms with Gasteiger partial charge in [0.05, 0.1) is 5.56 Å². The van der Waals surface area contributed by atoms with Crippen molar-refractivity contribution in [3.63, 3.8) is 0 Å². The zero-order chi connectivity index (χ0) is 18.9. The van der Waals surface area contributed by atoms with Crippen molar-refractivity contribution in [3.8, 4) is 16.3 Å². The van der Waals surface area contributed by atoms with Gasteiger partial charge in [0, 0.05) is 50.1 Å². The standard InChI is InChI=1S/C19H24N6OS/c1-21-9-14(8-20)13-3-4-15(16(26)7-13)17-23-24-18(27-17)25-11-19(12-25)5-2-6-22-10-19/h3-4,7-9,20-22,26H,2,5-6,10-12H2,1H3/b14-9+,20-8?. The number of anilines is 1. The molecule has 2 aliphatic rings. The maximum atomic E-state index is 10.5. The van der Waals surface area contributed by atoms with E-state index in [0.29, 0.717) is 21.6 Å². The number of nitrogens with zero attached hydrogens (tertiary/aromatic N) is 3. The first-order valence-corrected chi connectivity index (χ1v) is 9.97. The summed E-state index contributed by atoms with van der Waals surface area (Å²) in [7, 11) is 1.78. The molecule has 0 saturated carbocycles. The van der Waals surface area contributed by atoms with E-state index >= 15 is 0 Å². The average molecular weight is 385 g/mol. The summed E-state index contributed by atoms with van der Waals surface area (Å²) in [5, 5.41) is 34.6. The van der Waals surface area contributed by atoms with Crippen LogP contribution < -0.4 is 15.5 Å². The number of nitrogens with one attached hydrogen (secondary N) is 3. The van der Waals surface area contributed by atoms with Crippen molar-refractivity contribution in [2.45, 2.75) is 12.8 Å². The third-order valence-corrected chi connectivity index (χ3v) is 6.33. The summed E-state index contributed by atoms with van der Waals surface area (Å²) in [5.74, 6) is 0.149. The summed E-state index contributed by atoms with van der Waals surface area (Å²) in [6.45, 7) is 4.27. The van der Waals surface area contributed by atoms with Gasteiger partial charge in [0.1, 0.15) is 5.75 Å². The van der Waals surface area contributed by atoms with Crippen LogP contribution in [0.2, 0.25) is 0 Å². The third kappa shape index (κ3) is 3.42. The molecule has 0 radical (unpaired) electrons. The predicted octanol–water partition coefficient (Wildman–Crippen LogP) is 2.31. The van der Waals surface area contributed by atoms with E-state index in [1.807, 2.05) is 12.1 Å². The molecule has 4 rings (SSSR count). The minimum atomic E-state index is 0.149. The summed E-state index contributed by atoms with van der Waals surface area (Å²) in [4.78, 5) is 2.28. The molecule has 2 aromatic rings. The highest BCUT2D eigenvalue weighted by atomic mass is 32.1. The summed E-state index contributed by atoms with van der Waals surface area (Å²) in [6.07, 6.45) is 5.51. The molecular formula is C19H24N6OS. The SMILES string of the molecule is CN/C=C(\C=N)c1ccc(-c2nnc(N3CC4(CCCNC4)C3)s2)c(O)c1. The van der Waals surface area contributed by atoms with Crippen LogP contribution in [0.5, 0.6) is 5.75 Å². The van der Waals surface area contributed by atoms with E-state index in [-0.39, 0.29) is 5.75 Å². The van der Waals surface area contributed by atoms with Gasteiger partial charge in [0.25, 0.3) is 0 Å². The highest BCUT2D eigenvalue weighted by Crippen LogP contribution is 2.42. The topological polar surface area (TPSA) is 97.2 Å². The first kappa shape index (κ1) is 17.9. The Morgan fingerprint density at radius 2 is 2.26 bits per heavy atom. The molecule has 2 aliphatic heterocycles. The maximum absolute atomic E-state index is 10.5. The minimum absolute atomic E-state index is 0.149. The van der Waals surface area contributed by atoms with Gasteiger partial charge in [-0.05, 0) is 37.1 Å². The van der Waals surface area contributed by atoms with E-state index < -0.39 is 0 Å².